The Balaban J connectivity index is 1.79. The highest BCUT2D eigenvalue weighted by atomic mass is 32.2. The van der Waals surface area contributed by atoms with Crippen LogP contribution < -0.4 is 0 Å². The molecule has 6 nitrogen and oxygen atoms in total. The Labute approximate surface area is 132 Å². The second-order valence-corrected chi connectivity index (χ2v) is 9.53. The molecule has 3 rings (SSSR count). The lowest BCUT2D eigenvalue weighted by Gasteiger charge is -2.22. The van der Waals surface area contributed by atoms with Gasteiger partial charge in [0.15, 0.2) is 9.84 Å². The van der Waals surface area contributed by atoms with E-state index < -0.39 is 15.8 Å². The number of fused-ring (bicyclic) bond motifs is 1. The van der Waals surface area contributed by atoms with E-state index in [0.717, 1.165) is 0 Å². The molecule has 1 N–H and O–H groups in total. The van der Waals surface area contributed by atoms with Crippen LogP contribution in [0.15, 0.2) is 11.4 Å². The Bertz CT molecular complexity index is 738. The van der Waals surface area contributed by atoms with E-state index in [9.17, 15) is 18.0 Å². The number of amides is 1. The Kier molecular flexibility index (Phi) is 3.56. The van der Waals surface area contributed by atoms with Crippen LogP contribution in [-0.4, -0.2) is 54.9 Å². The number of aliphatic carboxylic acids is 1. The van der Waals surface area contributed by atoms with Crippen molar-refractivity contribution in [3.8, 4) is 0 Å². The first-order valence-corrected chi connectivity index (χ1v) is 9.68. The summed E-state index contributed by atoms with van der Waals surface area (Å²) in [6.07, 6.45) is -0.165. The fourth-order valence-electron chi connectivity index (χ4n) is 3.53. The summed E-state index contributed by atoms with van der Waals surface area (Å²) in [6, 6.07) is 1.65. The molecule has 8 heteroatoms. The first kappa shape index (κ1) is 15.5. The van der Waals surface area contributed by atoms with E-state index in [0.29, 0.717) is 23.5 Å². The Morgan fingerprint density at radius 3 is 2.86 bits per heavy atom. The number of rotatable bonds is 3. The number of hydrogen-bond acceptors (Lipinski definition) is 5. The molecule has 1 aromatic heterocycles. The van der Waals surface area contributed by atoms with Crippen molar-refractivity contribution < 1.29 is 23.1 Å². The minimum Gasteiger partial charge on any atom is -0.481 e. The van der Waals surface area contributed by atoms with Crippen LogP contribution in [0, 0.1) is 11.3 Å². The van der Waals surface area contributed by atoms with Crippen molar-refractivity contribution in [3.63, 3.8) is 0 Å². The van der Waals surface area contributed by atoms with Gasteiger partial charge in [0.1, 0.15) is 0 Å². The standard InChI is InChI=1S/C14H17NO5S2/c1-14-7-15(5-9(14)6-22(19,20)8-14)13(18)10-2-3-21-11(10)4-12(16)17/h2-3,9H,4-8H2,1H3,(H,16,17)/t9-,14+/m0/s1. The van der Waals surface area contributed by atoms with Crippen LogP contribution in [0.1, 0.15) is 22.2 Å². The largest absolute Gasteiger partial charge is 0.481 e. The lowest BCUT2D eigenvalue weighted by Crippen LogP contribution is -2.33. The molecule has 2 atom stereocenters. The molecular weight excluding hydrogens is 326 g/mol. The first-order valence-electron chi connectivity index (χ1n) is 6.98. The smallest absolute Gasteiger partial charge is 0.308 e. The quantitative estimate of drug-likeness (QED) is 0.880. The predicted octanol–water partition coefficient (Wildman–Crippen LogP) is 0.882. The van der Waals surface area contributed by atoms with Crippen molar-refractivity contribution in [2.45, 2.75) is 13.3 Å². The summed E-state index contributed by atoms with van der Waals surface area (Å²) in [5, 5.41) is 10.6. The molecule has 2 fully saturated rings. The Hall–Kier alpha value is -1.41. The number of hydrogen-bond donors (Lipinski definition) is 1. The van der Waals surface area contributed by atoms with Crippen LogP contribution in [-0.2, 0) is 21.1 Å². The fourth-order valence-corrected chi connectivity index (χ4v) is 6.96. The predicted molar refractivity (Wildman–Crippen MR) is 81.8 cm³/mol. The molecule has 120 valence electrons. The van der Waals surface area contributed by atoms with Gasteiger partial charge in [-0.2, -0.15) is 0 Å². The molecule has 2 saturated heterocycles. The van der Waals surface area contributed by atoms with Gasteiger partial charge in [0.05, 0.1) is 23.5 Å². The first-order chi connectivity index (χ1) is 10.2. The molecule has 0 spiro atoms. The number of carbonyl (C=O) groups excluding carboxylic acids is 1. The van der Waals surface area contributed by atoms with E-state index in [1.54, 1.807) is 16.3 Å². The number of carboxylic acids is 1. The molecule has 0 unspecified atom stereocenters. The Morgan fingerprint density at radius 1 is 1.50 bits per heavy atom. The zero-order valence-corrected chi connectivity index (χ0v) is 13.7. The summed E-state index contributed by atoms with van der Waals surface area (Å²) in [6.45, 7) is 2.76. The molecule has 0 aromatic carbocycles. The summed E-state index contributed by atoms with van der Waals surface area (Å²) in [4.78, 5) is 25.7. The maximum Gasteiger partial charge on any atom is 0.308 e. The third-order valence-corrected chi connectivity index (χ3v) is 7.49. The van der Waals surface area contributed by atoms with Gasteiger partial charge in [-0.1, -0.05) is 6.92 Å². The van der Waals surface area contributed by atoms with Gasteiger partial charge in [-0.25, -0.2) is 8.42 Å². The van der Waals surface area contributed by atoms with Crippen LogP contribution in [0.2, 0.25) is 0 Å². The lowest BCUT2D eigenvalue weighted by atomic mass is 9.84. The van der Waals surface area contributed by atoms with Gasteiger partial charge in [0, 0.05) is 23.4 Å². The maximum atomic E-state index is 12.6. The molecule has 1 amide bonds. The topological polar surface area (TPSA) is 91.8 Å². The van der Waals surface area contributed by atoms with Gasteiger partial charge in [-0.3, -0.25) is 9.59 Å². The average Bonchev–Trinajstić information content (AvgIpc) is 2.97. The molecule has 22 heavy (non-hydrogen) atoms. The van der Waals surface area contributed by atoms with Crippen LogP contribution in [0.4, 0.5) is 0 Å². The van der Waals surface area contributed by atoms with Crippen LogP contribution in [0.3, 0.4) is 0 Å². The zero-order valence-electron chi connectivity index (χ0n) is 12.1. The highest BCUT2D eigenvalue weighted by Gasteiger charge is 2.53. The van der Waals surface area contributed by atoms with Crippen LogP contribution in [0.5, 0.6) is 0 Å². The number of carbonyl (C=O) groups is 2. The highest BCUT2D eigenvalue weighted by molar-refractivity contribution is 7.91. The van der Waals surface area contributed by atoms with Crippen molar-refractivity contribution >= 4 is 33.1 Å². The average molecular weight is 343 g/mol. The molecule has 3 heterocycles. The molecule has 2 aliphatic heterocycles. The van der Waals surface area contributed by atoms with Gasteiger partial charge in [0.25, 0.3) is 5.91 Å². The summed E-state index contributed by atoms with van der Waals surface area (Å²) in [7, 11) is -3.00. The van der Waals surface area contributed by atoms with Crippen molar-refractivity contribution in [3.05, 3.63) is 21.9 Å². The second-order valence-electron chi connectivity index (χ2n) is 6.42. The number of likely N-dealkylation sites (tertiary alicyclic amines) is 1. The molecule has 2 aliphatic rings. The fraction of sp³-hybridized carbons (Fsp3) is 0.571. The summed E-state index contributed by atoms with van der Waals surface area (Å²) >= 11 is 1.26. The van der Waals surface area contributed by atoms with Crippen molar-refractivity contribution in [2.75, 3.05) is 24.6 Å². The van der Waals surface area contributed by atoms with Crippen LogP contribution in [0.25, 0.3) is 0 Å². The molecule has 0 bridgehead atoms. The van der Waals surface area contributed by atoms with Gasteiger partial charge in [-0.05, 0) is 17.4 Å². The van der Waals surface area contributed by atoms with E-state index in [1.165, 1.54) is 11.3 Å². The van der Waals surface area contributed by atoms with Gasteiger partial charge >= 0.3 is 5.97 Å². The third kappa shape index (κ3) is 2.65. The highest BCUT2D eigenvalue weighted by Crippen LogP contribution is 2.43. The summed E-state index contributed by atoms with van der Waals surface area (Å²) < 4.78 is 23.5. The minimum absolute atomic E-state index is 0.0250. The van der Waals surface area contributed by atoms with Gasteiger partial charge < -0.3 is 10.0 Å². The Morgan fingerprint density at radius 2 is 2.23 bits per heavy atom. The third-order valence-electron chi connectivity index (χ3n) is 4.56. The number of nitrogens with zero attached hydrogens (tertiary/aromatic N) is 1. The minimum atomic E-state index is -3.00. The zero-order chi connectivity index (χ0) is 16.1. The van der Waals surface area contributed by atoms with Crippen LogP contribution >= 0.6 is 11.3 Å². The normalized spacial score (nSPS) is 29.5. The molecule has 1 aromatic rings. The number of thiophene rings is 1. The van der Waals surface area contributed by atoms with Crippen molar-refractivity contribution in [1.29, 1.82) is 0 Å². The lowest BCUT2D eigenvalue weighted by molar-refractivity contribution is -0.136. The van der Waals surface area contributed by atoms with E-state index in [-0.39, 0.29) is 35.2 Å². The molecule has 0 aliphatic carbocycles. The van der Waals surface area contributed by atoms with Crippen molar-refractivity contribution in [2.24, 2.45) is 11.3 Å². The summed E-state index contributed by atoms with van der Waals surface area (Å²) in [5.74, 6) is -0.916. The van der Waals surface area contributed by atoms with E-state index in [2.05, 4.69) is 0 Å². The maximum absolute atomic E-state index is 12.6. The van der Waals surface area contributed by atoms with E-state index in [1.807, 2.05) is 6.92 Å². The van der Waals surface area contributed by atoms with Crippen molar-refractivity contribution in [1.82, 2.24) is 4.90 Å². The number of sulfone groups is 1. The van der Waals surface area contributed by atoms with Gasteiger partial charge in [-0.15, -0.1) is 11.3 Å². The SMILES string of the molecule is C[C@]12CN(C(=O)c3ccsc3CC(=O)O)C[C@H]1CS(=O)(=O)C2. The monoisotopic (exact) mass is 343 g/mol. The summed E-state index contributed by atoms with van der Waals surface area (Å²) in [5.41, 5.74) is 0.0520. The van der Waals surface area contributed by atoms with E-state index >= 15 is 0 Å². The molecule has 0 radical (unpaired) electrons. The second kappa shape index (κ2) is 5.06. The molecule has 0 saturated carbocycles. The van der Waals surface area contributed by atoms with Gasteiger partial charge in [0.2, 0.25) is 0 Å². The number of carboxylic acid groups (broad SMARTS) is 1. The van der Waals surface area contributed by atoms with E-state index in [4.69, 9.17) is 5.11 Å². The molecular formula is C14H17NO5S2.